The molecule has 1 atom stereocenters. The van der Waals surface area contributed by atoms with E-state index in [-0.39, 0.29) is 11.7 Å². The number of oxime groups is 1. The first-order valence-corrected chi connectivity index (χ1v) is 7.58. The fraction of sp³-hybridized carbons (Fsp3) is 0.222. The Morgan fingerprint density at radius 1 is 1.33 bits per heavy atom. The van der Waals surface area contributed by atoms with Crippen molar-refractivity contribution < 1.29 is 19.5 Å². The quantitative estimate of drug-likeness (QED) is 0.824. The highest BCUT2D eigenvalue weighted by Crippen LogP contribution is 2.21. The van der Waals surface area contributed by atoms with E-state index < -0.39 is 5.97 Å². The van der Waals surface area contributed by atoms with Crippen molar-refractivity contribution in [2.45, 2.75) is 19.4 Å². The van der Waals surface area contributed by atoms with Crippen LogP contribution in [0.25, 0.3) is 0 Å². The summed E-state index contributed by atoms with van der Waals surface area (Å²) >= 11 is 0. The van der Waals surface area contributed by atoms with Crippen molar-refractivity contribution in [1.29, 1.82) is 0 Å². The Bertz CT molecular complexity index is 784. The number of nitrogens with zero attached hydrogens (tertiary/aromatic N) is 1. The standard InChI is InChI=1S/C18H18N2O4/c1-11-8-14(6-7-16(11)18(21)22)23-10-15-9-17(20-24-15)12-2-4-13(19)5-3-12/h2-8,15H,9-10,19H2,1H3,(H,21,22). The van der Waals surface area contributed by atoms with Crippen molar-refractivity contribution in [1.82, 2.24) is 0 Å². The monoisotopic (exact) mass is 326 g/mol. The summed E-state index contributed by atoms with van der Waals surface area (Å²) in [7, 11) is 0. The van der Waals surface area contributed by atoms with Gasteiger partial charge in [-0.25, -0.2) is 4.79 Å². The van der Waals surface area contributed by atoms with Gasteiger partial charge in [-0.2, -0.15) is 0 Å². The van der Waals surface area contributed by atoms with E-state index in [1.165, 1.54) is 0 Å². The predicted octanol–water partition coefficient (Wildman–Crippen LogP) is 2.85. The van der Waals surface area contributed by atoms with Crippen LogP contribution in [0.15, 0.2) is 47.6 Å². The number of hydrogen-bond donors (Lipinski definition) is 2. The molecule has 3 N–H and O–H groups in total. The van der Waals surface area contributed by atoms with Crippen LogP contribution >= 0.6 is 0 Å². The third-order valence-corrected chi connectivity index (χ3v) is 3.84. The Kier molecular flexibility index (Phi) is 4.37. The van der Waals surface area contributed by atoms with Gasteiger partial charge < -0.3 is 20.4 Å². The maximum atomic E-state index is 11.0. The van der Waals surface area contributed by atoms with Crippen LogP contribution in [0.4, 0.5) is 5.69 Å². The molecule has 2 aromatic carbocycles. The molecule has 0 saturated heterocycles. The topological polar surface area (TPSA) is 94.1 Å². The van der Waals surface area contributed by atoms with Crippen LogP contribution in [-0.2, 0) is 4.84 Å². The normalized spacial score (nSPS) is 16.4. The first-order valence-electron chi connectivity index (χ1n) is 7.58. The van der Waals surface area contributed by atoms with Crippen LogP contribution in [0, 0.1) is 6.92 Å². The summed E-state index contributed by atoms with van der Waals surface area (Å²) in [6, 6.07) is 12.4. The highest BCUT2D eigenvalue weighted by atomic mass is 16.7. The number of carbonyl (C=O) groups is 1. The minimum atomic E-state index is -0.945. The molecule has 0 radical (unpaired) electrons. The number of carboxylic acids is 1. The zero-order chi connectivity index (χ0) is 17.1. The zero-order valence-electron chi connectivity index (χ0n) is 13.2. The number of nitrogens with two attached hydrogens (primary N) is 1. The van der Waals surface area contributed by atoms with Crippen LogP contribution in [-0.4, -0.2) is 29.5 Å². The van der Waals surface area contributed by atoms with Gasteiger partial charge in [0, 0.05) is 12.1 Å². The average Bonchev–Trinajstić information content (AvgIpc) is 3.02. The molecular formula is C18H18N2O4. The summed E-state index contributed by atoms with van der Waals surface area (Å²) in [5, 5.41) is 13.1. The number of ether oxygens (including phenoxy) is 1. The minimum absolute atomic E-state index is 0.169. The maximum Gasteiger partial charge on any atom is 0.335 e. The molecule has 6 nitrogen and oxygen atoms in total. The van der Waals surface area contributed by atoms with E-state index in [1.54, 1.807) is 25.1 Å². The lowest BCUT2D eigenvalue weighted by Gasteiger charge is -2.11. The van der Waals surface area contributed by atoms with E-state index in [2.05, 4.69) is 5.16 Å². The Hall–Kier alpha value is -3.02. The predicted molar refractivity (Wildman–Crippen MR) is 90.5 cm³/mol. The molecule has 124 valence electrons. The largest absolute Gasteiger partial charge is 0.490 e. The second kappa shape index (κ2) is 6.62. The summed E-state index contributed by atoms with van der Waals surface area (Å²) in [6.45, 7) is 2.08. The van der Waals surface area contributed by atoms with Crippen molar-refractivity contribution in [3.63, 3.8) is 0 Å². The molecule has 2 aromatic rings. The van der Waals surface area contributed by atoms with Gasteiger partial charge in [-0.3, -0.25) is 0 Å². The lowest BCUT2D eigenvalue weighted by Crippen LogP contribution is -2.18. The van der Waals surface area contributed by atoms with Gasteiger partial charge in [0.15, 0.2) is 6.10 Å². The number of rotatable bonds is 5. The van der Waals surface area contributed by atoms with Gasteiger partial charge in [-0.1, -0.05) is 17.3 Å². The zero-order valence-corrected chi connectivity index (χ0v) is 13.2. The van der Waals surface area contributed by atoms with Crippen LogP contribution in [0.5, 0.6) is 5.75 Å². The molecule has 1 aliphatic rings. The fourth-order valence-corrected chi connectivity index (χ4v) is 2.52. The highest BCUT2D eigenvalue weighted by molar-refractivity contribution is 6.01. The molecule has 0 aliphatic carbocycles. The average molecular weight is 326 g/mol. The molecule has 6 heteroatoms. The van der Waals surface area contributed by atoms with Gasteiger partial charge in [0.2, 0.25) is 0 Å². The summed E-state index contributed by atoms with van der Waals surface area (Å²) in [6.07, 6.45) is 0.479. The van der Waals surface area contributed by atoms with Crippen molar-refractivity contribution in [3.8, 4) is 5.75 Å². The van der Waals surface area contributed by atoms with Gasteiger partial charge in [0.05, 0.1) is 11.3 Å². The number of aromatic carboxylic acids is 1. The summed E-state index contributed by atoms with van der Waals surface area (Å²) in [5.41, 5.74) is 9.16. The van der Waals surface area contributed by atoms with Gasteiger partial charge in [-0.15, -0.1) is 0 Å². The molecule has 24 heavy (non-hydrogen) atoms. The third kappa shape index (κ3) is 3.48. The summed E-state index contributed by atoms with van der Waals surface area (Å²) in [5.74, 6) is -0.332. The highest BCUT2D eigenvalue weighted by Gasteiger charge is 2.23. The maximum absolute atomic E-state index is 11.0. The summed E-state index contributed by atoms with van der Waals surface area (Å²) < 4.78 is 5.70. The SMILES string of the molecule is Cc1cc(OCC2CC(c3ccc(N)cc3)=NO2)ccc1C(=O)O. The fourth-order valence-electron chi connectivity index (χ4n) is 2.52. The van der Waals surface area contributed by atoms with Crippen molar-refractivity contribution in [2.75, 3.05) is 12.3 Å². The van der Waals surface area contributed by atoms with E-state index in [9.17, 15) is 4.79 Å². The van der Waals surface area contributed by atoms with Crippen LogP contribution < -0.4 is 10.5 Å². The number of anilines is 1. The molecule has 1 aliphatic heterocycles. The number of aryl methyl sites for hydroxylation is 1. The Labute approximate surface area is 139 Å². The Morgan fingerprint density at radius 3 is 2.75 bits per heavy atom. The van der Waals surface area contributed by atoms with Crippen molar-refractivity contribution in [2.24, 2.45) is 5.16 Å². The molecule has 0 bridgehead atoms. The molecule has 0 fully saturated rings. The molecular weight excluding hydrogens is 308 g/mol. The number of nitrogen functional groups attached to an aromatic ring is 1. The molecule has 0 amide bonds. The molecule has 1 heterocycles. The third-order valence-electron chi connectivity index (χ3n) is 3.84. The Balaban J connectivity index is 1.56. The van der Waals surface area contributed by atoms with Crippen molar-refractivity contribution >= 4 is 17.4 Å². The lowest BCUT2D eigenvalue weighted by atomic mass is 10.1. The summed E-state index contributed by atoms with van der Waals surface area (Å²) in [4.78, 5) is 16.4. The van der Waals surface area contributed by atoms with E-state index in [0.29, 0.717) is 30.0 Å². The van der Waals surface area contributed by atoms with Crippen LogP contribution in [0.2, 0.25) is 0 Å². The van der Waals surface area contributed by atoms with E-state index >= 15 is 0 Å². The second-order valence-corrected chi connectivity index (χ2v) is 5.68. The minimum Gasteiger partial charge on any atom is -0.490 e. The van der Waals surface area contributed by atoms with E-state index in [0.717, 1.165) is 11.3 Å². The van der Waals surface area contributed by atoms with Gasteiger partial charge in [0.1, 0.15) is 12.4 Å². The number of benzene rings is 2. The number of hydrogen-bond acceptors (Lipinski definition) is 5. The number of carboxylic acid groups (broad SMARTS) is 1. The van der Waals surface area contributed by atoms with Crippen LogP contribution in [0.1, 0.15) is 27.9 Å². The first kappa shape index (κ1) is 15.9. The van der Waals surface area contributed by atoms with Crippen LogP contribution in [0.3, 0.4) is 0 Å². The Morgan fingerprint density at radius 2 is 2.08 bits per heavy atom. The smallest absolute Gasteiger partial charge is 0.335 e. The molecule has 1 unspecified atom stereocenters. The van der Waals surface area contributed by atoms with E-state index in [1.807, 2.05) is 24.3 Å². The second-order valence-electron chi connectivity index (χ2n) is 5.68. The molecule has 0 saturated carbocycles. The van der Waals surface area contributed by atoms with Gasteiger partial charge in [0.25, 0.3) is 0 Å². The van der Waals surface area contributed by atoms with Gasteiger partial charge >= 0.3 is 5.97 Å². The first-order chi connectivity index (χ1) is 11.5. The van der Waals surface area contributed by atoms with E-state index in [4.69, 9.17) is 20.4 Å². The lowest BCUT2D eigenvalue weighted by molar-refractivity contribution is 0.0470. The molecule has 3 rings (SSSR count). The molecule has 0 spiro atoms. The van der Waals surface area contributed by atoms with Crippen molar-refractivity contribution in [3.05, 3.63) is 59.2 Å². The van der Waals surface area contributed by atoms with Gasteiger partial charge in [-0.05, 0) is 48.4 Å². The molecule has 0 aromatic heterocycles.